The number of hydrogen-bond donors (Lipinski definition) is 1. The fourth-order valence-corrected chi connectivity index (χ4v) is 2.28. The Hall–Kier alpha value is -3.09. The van der Waals surface area contributed by atoms with Crippen LogP contribution < -0.4 is 14.8 Å². The maximum Gasteiger partial charge on any atom is 0.269 e. The third-order valence-electron chi connectivity index (χ3n) is 3.63. The maximum atomic E-state index is 12.3. The molecule has 7 heteroatoms. The summed E-state index contributed by atoms with van der Waals surface area (Å²) in [5, 5.41) is 13.5. The minimum Gasteiger partial charge on any atom is -0.496 e. The molecule has 1 amide bonds. The maximum absolute atomic E-state index is 12.3. The lowest BCUT2D eigenvalue weighted by Crippen LogP contribution is -2.37. The van der Waals surface area contributed by atoms with Gasteiger partial charge in [0.2, 0.25) is 0 Å². The molecule has 2 rings (SSSR count). The summed E-state index contributed by atoms with van der Waals surface area (Å²) in [5.41, 5.74) is 0.838. The molecule has 132 valence electrons. The van der Waals surface area contributed by atoms with Gasteiger partial charge in [0.1, 0.15) is 11.5 Å². The molecule has 0 saturated carbocycles. The molecule has 0 aliphatic heterocycles. The summed E-state index contributed by atoms with van der Waals surface area (Å²) in [5.74, 6) is 0.851. The van der Waals surface area contributed by atoms with Crippen LogP contribution in [0.5, 0.6) is 11.5 Å². The zero-order chi connectivity index (χ0) is 18.2. The van der Waals surface area contributed by atoms with Gasteiger partial charge in [-0.15, -0.1) is 0 Å². The predicted octanol–water partition coefficient (Wildman–Crippen LogP) is 3.08. The smallest absolute Gasteiger partial charge is 0.269 e. The predicted molar refractivity (Wildman–Crippen MR) is 92.6 cm³/mol. The first kappa shape index (κ1) is 18.3. The monoisotopic (exact) mass is 344 g/mol. The Balaban J connectivity index is 1.97. The van der Waals surface area contributed by atoms with Crippen LogP contribution in [0.1, 0.15) is 18.9 Å². The van der Waals surface area contributed by atoms with E-state index in [-0.39, 0.29) is 11.6 Å². The molecular formula is C18H20N2O5. The lowest BCUT2D eigenvalue weighted by atomic mass is 10.2. The average Bonchev–Trinajstić information content (AvgIpc) is 2.64. The Kier molecular flexibility index (Phi) is 6.33. The number of ether oxygens (including phenoxy) is 2. The molecule has 2 aromatic carbocycles. The summed E-state index contributed by atoms with van der Waals surface area (Å²) in [6.07, 6.45) is -0.217. The second-order valence-electron chi connectivity index (χ2n) is 5.30. The lowest BCUT2D eigenvalue weighted by molar-refractivity contribution is -0.384. The third kappa shape index (κ3) is 4.94. The van der Waals surface area contributed by atoms with E-state index in [2.05, 4.69) is 5.32 Å². The van der Waals surface area contributed by atoms with Crippen molar-refractivity contribution in [3.63, 3.8) is 0 Å². The molecule has 0 aliphatic carbocycles. The summed E-state index contributed by atoms with van der Waals surface area (Å²) >= 11 is 0. The molecule has 0 saturated heterocycles. The Morgan fingerprint density at radius 3 is 2.48 bits per heavy atom. The van der Waals surface area contributed by atoms with E-state index in [1.807, 2.05) is 31.2 Å². The fourth-order valence-electron chi connectivity index (χ4n) is 2.28. The Bertz CT molecular complexity index is 731. The highest BCUT2D eigenvalue weighted by Crippen LogP contribution is 2.20. The molecule has 0 radical (unpaired) electrons. The number of nitro groups is 1. The summed E-state index contributed by atoms with van der Waals surface area (Å²) in [6, 6.07) is 13.1. The largest absolute Gasteiger partial charge is 0.496 e. The van der Waals surface area contributed by atoms with E-state index < -0.39 is 11.0 Å². The van der Waals surface area contributed by atoms with Gasteiger partial charge in [-0.2, -0.15) is 0 Å². The van der Waals surface area contributed by atoms with Gasteiger partial charge in [0.15, 0.2) is 6.10 Å². The second-order valence-corrected chi connectivity index (χ2v) is 5.30. The number of nitrogens with one attached hydrogen (secondary N) is 1. The van der Waals surface area contributed by atoms with Crippen molar-refractivity contribution in [2.24, 2.45) is 0 Å². The van der Waals surface area contributed by atoms with E-state index in [1.54, 1.807) is 7.11 Å². The van der Waals surface area contributed by atoms with E-state index in [9.17, 15) is 14.9 Å². The van der Waals surface area contributed by atoms with Gasteiger partial charge in [-0.05, 0) is 24.6 Å². The van der Waals surface area contributed by atoms with E-state index in [0.29, 0.717) is 24.5 Å². The number of amides is 1. The van der Waals surface area contributed by atoms with Crippen LogP contribution in [-0.2, 0) is 11.3 Å². The number of benzene rings is 2. The van der Waals surface area contributed by atoms with Crippen LogP contribution in [-0.4, -0.2) is 24.0 Å². The molecular weight excluding hydrogens is 324 g/mol. The summed E-state index contributed by atoms with van der Waals surface area (Å²) in [6.45, 7) is 2.15. The lowest BCUT2D eigenvalue weighted by Gasteiger charge is -2.17. The zero-order valence-corrected chi connectivity index (χ0v) is 14.1. The van der Waals surface area contributed by atoms with Crippen LogP contribution in [0, 0.1) is 10.1 Å². The normalized spacial score (nSPS) is 11.4. The first-order valence-corrected chi connectivity index (χ1v) is 7.85. The van der Waals surface area contributed by atoms with Gasteiger partial charge in [0, 0.05) is 24.2 Å². The van der Waals surface area contributed by atoms with Gasteiger partial charge in [-0.25, -0.2) is 0 Å². The first-order valence-electron chi connectivity index (χ1n) is 7.85. The highest BCUT2D eigenvalue weighted by Gasteiger charge is 2.19. The second kappa shape index (κ2) is 8.68. The number of hydrogen-bond acceptors (Lipinski definition) is 5. The van der Waals surface area contributed by atoms with Gasteiger partial charge in [0.25, 0.3) is 11.6 Å². The summed E-state index contributed by atoms with van der Waals surface area (Å²) in [7, 11) is 1.58. The highest BCUT2D eigenvalue weighted by molar-refractivity contribution is 5.81. The number of para-hydroxylation sites is 1. The van der Waals surface area contributed by atoms with Gasteiger partial charge in [-0.3, -0.25) is 14.9 Å². The molecule has 1 N–H and O–H groups in total. The van der Waals surface area contributed by atoms with Gasteiger partial charge in [0.05, 0.1) is 12.0 Å². The van der Waals surface area contributed by atoms with Crippen LogP contribution >= 0.6 is 0 Å². The third-order valence-corrected chi connectivity index (χ3v) is 3.63. The van der Waals surface area contributed by atoms with Crippen molar-refractivity contribution in [2.75, 3.05) is 7.11 Å². The van der Waals surface area contributed by atoms with Crippen molar-refractivity contribution in [3.8, 4) is 11.5 Å². The highest BCUT2D eigenvalue weighted by atomic mass is 16.6. The van der Waals surface area contributed by atoms with Crippen molar-refractivity contribution in [1.29, 1.82) is 0 Å². The van der Waals surface area contributed by atoms with Gasteiger partial charge in [-0.1, -0.05) is 25.1 Å². The molecule has 0 aromatic heterocycles. The van der Waals surface area contributed by atoms with Crippen LogP contribution in [0.2, 0.25) is 0 Å². The number of nitro benzene ring substituents is 1. The van der Waals surface area contributed by atoms with Crippen molar-refractivity contribution >= 4 is 11.6 Å². The molecule has 1 unspecified atom stereocenters. The van der Waals surface area contributed by atoms with Crippen LogP contribution in [0.3, 0.4) is 0 Å². The quantitative estimate of drug-likeness (QED) is 0.587. The zero-order valence-electron chi connectivity index (χ0n) is 14.1. The van der Waals surface area contributed by atoms with Crippen molar-refractivity contribution < 1.29 is 19.2 Å². The van der Waals surface area contributed by atoms with Crippen LogP contribution in [0.15, 0.2) is 48.5 Å². The minimum atomic E-state index is -0.684. The molecule has 0 heterocycles. The molecule has 0 fully saturated rings. The average molecular weight is 344 g/mol. The molecule has 1 atom stereocenters. The van der Waals surface area contributed by atoms with Gasteiger partial charge < -0.3 is 14.8 Å². The summed E-state index contributed by atoms with van der Waals surface area (Å²) < 4.78 is 10.9. The SMILES string of the molecule is CCC(Oc1ccc([N+](=O)[O-])cc1)C(=O)NCc1ccccc1OC. The van der Waals surface area contributed by atoms with Crippen molar-refractivity contribution in [1.82, 2.24) is 5.32 Å². The van der Waals surface area contributed by atoms with E-state index in [4.69, 9.17) is 9.47 Å². The van der Waals surface area contributed by atoms with Crippen molar-refractivity contribution in [2.45, 2.75) is 26.0 Å². The number of nitrogens with zero attached hydrogens (tertiary/aromatic N) is 1. The molecule has 0 bridgehead atoms. The number of methoxy groups -OCH3 is 1. The molecule has 0 aliphatic rings. The number of non-ortho nitro benzene ring substituents is 1. The molecule has 7 nitrogen and oxygen atoms in total. The van der Waals surface area contributed by atoms with Crippen molar-refractivity contribution in [3.05, 3.63) is 64.2 Å². The topological polar surface area (TPSA) is 90.7 Å². The minimum absolute atomic E-state index is 0.0268. The Morgan fingerprint density at radius 1 is 1.20 bits per heavy atom. The number of carbonyl (C=O) groups excluding carboxylic acids is 1. The Labute approximate surface area is 145 Å². The van der Waals surface area contributed by atoms with E-state index in [0.717, 1.165) is 5.56 Å². The first-order chi connectivity index (χ1) is 12.0. The van der Waals surface area contributed by atoms with Crippen LogP contribution in [0.4, 0.5) is 5.69 Å². The Morgan fingerprint density at radius 2 is 1.88 bits per heavy atom. The summed E-state index contributed by atoms with van der Waals surface area (Å²) in [4.78, 5) is 22.5. The molecule has 2 aromatic rings. The molecule has 25 heavy (non-hydrogen) atoms. The number of rotatable bonds is 8. The molecule has 0 spiro atoms. The van der Waals surface area contributed by atoms with Crippen LogP contribution in [0.25, 0.3) is 0 Å². The van der Waals surface area contributed by atoms with Gasteiger partial charge >= 0.3 is 0 Å². The van der Waals surface area contributed by atoms with E-state index in [1.165, 1.54) is 24.3 Å². The standard InChI is InChI=1S/C18H20N2O5/c1-3-16(25-15-10-8-14(9-11-15)20(22)23)18(21)19-12-13-6-4-5-7-17(13)24-2/h4-11,16H,3,12H2,1-2H3,(H,19,21). The number of carbonyl (C=O) groups is 1. The fraction of sp³-hybridized carbons (Fsp3) is 0.278. The van der Waals surface area contributed by atoms with E-state index >= 15 is 0 Å².